The fourth-order valence-electron chi connectivity index (χ4n) is 5.99. The molecule has 6 heteroatoms. The number of rotatable bonds is 12. The van der Waals surface area contributed by atoms with Crippen molar-refractivity contribution >= 4 is 43.1 Å². The first-order valence-corrected chi connectivity index (χ1v) is 15.8. The summed E-state index contributed by atoms with van der Waals surface area (Å²) < 4.78 is 24.8. The summed E-state index contributed by atoms with van der Waals surface area (Å²) in [6.07, 6.45) is -1.72. The molecule has 7 aromatic rings. The van der Waals surface area contributed by atoms with Crippen molar-refractivity contribution in [2.75, 3.05) is 26.4 Å². The molecule has 236 valence electrons. The normalized spacial score (nSPS) is 12.7. The number of aliphatic hydroxyl groups excluding tert-OH is 2. The van der Waals surface area contributed by atoms with E-state index in [0.717, 1.165) is 60.2 Å². The van der Waals surface area contributed by atoms with Gasteiger partial charge in [-0.15, -0.1) is 0 Å². The lowest BCUT2D eigenvalue weighted by Gasteiger charge is -2.21. The summed E-state index contributed by atoms with van der Waals surface area (Å²) in [7, 11) is 0. The minimum atomic E-state index is -0.861. The van der Waals surface area contributed by atoms with Crippen molar-refractivity contribution in [3.8, 4) is 23.0 Å². The Labute approximate surface area is 273 Å². The average molecular weight is 625 g/mol. The maximum atomic E-state index is 10.9. The van der Waals surface area contributed by atoms with Gasteiger partial charge in [0.2, 0.25) is 0 Å². The third kappa shape index (κ3) is 6.52. The Bertz CT molecular complexity index is 2160. The minimum Gasteiger partial charge on any atom is -0.490 e. The van der Waals surface area contributed by atoms with Gasteiger partial charge in [-0.25, -0.2) is 0 Å². The van der Waals surface area contributed by atoms with Crippen molar-refractivity contribution in [2.24, 2.45) is 0 Å². The summed E-state index contributed by atoms with van der Waals surface area (Å²) in [5.41, 5.74) is 1.06. The molecule has 0 fully saturated rings. The zero-order chi connectivity index (χ0) is 32.2. The summed E-state index contributed by atoms with van der Waals surface area (Å²) in [6.45, 7) is 2.29. The van der Waals surface area contributed by atoms with Gasteiger partial charge in [0.05, 0.1) is 0 Å². The molecular formula is C41H36O6. The van der Waals surface area contributed by atoms with Crippen LogP contribution in [0.5, 0.6) is 23.0 Å². The Balaban J connectivity index is 1.09. The molecule has 0 saturated heterocycles. The summed E-state index contributed by atoms with van der Waals surface area (Å²) >= 11 is 0. The van der Waals surface area contributed by atoms with Crippen LogP contribution in [0.15, 0.2) is 127 Å². The second kappa shape index (κ2) is 13.6. The van der Waals surface area contributed by atoms with Crippen LogP contribution in [-0.2, 0) is 0 Å². The summed E-state index contributed by atoms with van der Waals surface area (Å²) in [5, 5.41) is 29.4. The summed E-state index contributed by atoms with van der Waals surface area (Å²) in [5.74, 6) is 2.77. The van der Waals surface area contributed by atoms with E-state index in [1.165, 1.54) is 0 Å². The van der Waals surface area contributed by atoms with Gasteiger partial charge in [0, 0.05) is 32.3 Å². The molecule has 0 aliphatic rings. The van der Waals surface area contributed by atoms with E-state index in [1.54, 1.807) is 0 Å². The predicted molar refractivity (Wildman–Crippen MR) is 188 cm³/mol. The van der Waals surface area contributed by atoms with E-state index in [9.17, 15) is 10.2 Å². The smallest absolute Gasteiger partial charge is 0.135 e. The fraction of sp³-hybridized carbons (Fsp3) is 0.171. The van der Waals surface area contributed by atoms with Gasteiger partial charge >= 0.3 is 0 Å². The van der Waals surface area contributed by atoms with Crippen LogP contribution in [-0.4, -0.2) is 48.8 Å². The van der Waals surface area contributed by atoms with Crippen molar-refractivity contribution in [2.45, 2.75) is 19.1 Å². The molecule has 0 bridgehead atoms. The largest absolute Gasteiger partial charge is 0.490 e. The van der Waals surface area contributed by atoms with E-state index in [2.05, 4.69) is 6.07 Å². The van der Waals surface area contributed by atoms with Crippen LogP contribution in [0.25, 0.3) is 43.1 Å². The highest BCUT2D eigenvalue weighted by Crippen LogP contribution is 2.43. The standard InChI is InChI=1S/C41H36O6/c1-27-20-21-36-37(22-27)41(47-26-31(43)24-45-39-19-9-13-29-11-3-5-15-33(29)39)35-17-7-6-16-34(35)40(36)46-25-30(42)23-44-38-18-8-12-28-10-2-4-14-32(28)38/h2-22,30-31,42-43H,23-26H2,1H3. The molecule has 0 spiro atoms. The number of hydrogen-bond donors (Lipinski definition) is 2. The van der Waals surface area contributed by atoms with Gasteiger partial charge in [-0.3, -0.25) is 0 Å². The van der Waals surface area contributed by atoms with Crippen molar-refractivity contribution in [3.63, 3.8) is 0 Å². The highest BCUT2D eigenvalue weighted by atomic mass is 16.5. The van der Waals surface area contributed by atoms with Crippen LogP contribution >= 0.6 is 0 Å². The maximum absolute atomic E-state index is 10.9. The number of aliphatic hydroxyl groups is 2. The highest BCUT2D eigenvalue weighted by molar-refractivity contribution is 6.11. The van der Waals surface area contributed by atoms with Crippen molar-refractivity contribution < 1.29 is 29.2 Å². The first kappa shape index (κ1) is 30.4. The zero-order valence-electron chi connectivity index (χ0n) is 26.1. The second-order valence-corrected chi connectivity index (χ2v) is 11.8. The molecule has 2 unspecified atom stereocenters. The molecule has 0 heterocycles. The molecule has 0 amide bonds. The van der Waals surface area contributed by atoms with Crippen molar-refractivity contribution in [1.82, 2.24) is 0 Å². The molecule has 0 radical (unpaired) electrons. The maximum Gasteiger partial charge on any atom is 0.135 e. The summed E-state index contributed by atoms with van der Waals surface area (Å²) in [4.78, 5) is 0. The van der Waals surface area contributed by atoms with Crippen LogP contribution in [0.3, 0.4) is 0 Å². The Kier molecular flexibility index (Phi) is 8.78. The molecule has 47 heavy (non-hydrogen) atoms. The predicted octanol–water partition coefficient (Wildman–Crippen LogP) is 8.25. The quantitative estimate of drug-likeness (QED) is 0.133. The van der Waals surface area contributed by atoms with Gasteiger partial charge in [0.25, 0.3) is 0 Å². The van der Waals surface area contributed by atoms with Crippen molar-refractivity contribution in [3.05, 3.63) is 133 Å². The first-order valence-electron chi connectivity index (χ1n) is 15.8. The molecular weight excluding hydrogens is 588 g/mol. The van der Waals surface area contributed by atoms with Crippen LogP contribution in [0.4, 0.5) is 0 Å². The molecule has 7 rings (SSSR count). The van der Waals surface area contributed by atoms with Gasteiger partial charge in [-0.05, 0) is 35.9 Å². The van der Waals surface area contributed by atoms with Gasteiger partial charge in [-0.2, -0.15) is 0 Å². The Hall–Kier alpha value is -5.30. The monoisotopic (exact) mass is 624 g/mol. The lowest BCUT2D eigenvalue weighted by atomic mass is 9.99. The molecule has 0 aromatic heterocycles. The third-order valence-electron chi connectivity index (χ3n) is 8.28. The molecule has 0 aliphatic carbocycles. The van der Waals surface area contributed by atoms with Crippen LogP contribution in [0.2, 0.25) is 0 Å². The van der Waals surface area contributed by atoms with Crippen LogP contribution in [0.1, 0.15) is 5.56 Å². The van der Waals surface area contributed by atoms with E-state index in [1.807, 2.05) is 128 Å². The van der Waals surface area contributed by atoms with E-state index in [-0.39, 0.29) is 26.4 Å². The molecule has 7 aromatic carbocycles. The Morgan fingerprint density at radius 2 is 0.830 bits per heavy atom. The van der Waals surface area contributed by atoms with E-state index in [4.69, 9.17) is 18.9 Å². The highest BCUT2D eigenvalue weighted by Gasteiger charge is 2.19. The molecule has 0 saturated carbocycles. The number of hydrogen-bond acceptors (Lipinski definition) is 6. The number of ether oxygens (including phenoxy) is 4. The van der Waals surface area contributed by atoms with E-state index in [0.29, 0.717) is 11.5 Å². The molecule has 0 aliphatic heterocycles. The number of benzene rings is 7. The SMILES string of the molecule is Cc1ccc2c(OCC(O)COc3cccc4ccccc34)c3ccccc3c(OCC(O)COc3cccc4ccccc34)c2c1. The lowest BCUT2D eigenvalue weighted by Crippen LogP contribution is -2.25. The fourth-order valence-corrected chi connectivity index (χ4v) is 5.99. The van der Waals surface area contributed by atoms with Crippen molar-refractivity contribution in [1.29, 1.82) is 0 Å². The average Bonchev–Trinajstić information content (AvgIpc) is 3.11. The lowest BCUT2D eigenvalue weighted by molar-refractivity contribution is 0.0634. The van der Waals surface area contributed by atoms with E-state index >= 15 is 0 Å². The zero-order valence-corrected chi connectivity index (χ0v) is 26.1. The van der Waals surface area contributed by atoms with Gasteiger partial charge in [-0.1, -0.05) is 115 Å². The van der Waals surface area contributed by atoms with Crippen LogP contribution in [0, 0.1) is 6.92 Å². The molecule has 2 N–H and O–H groups in total. The van der Waals surface area contributed by atoms with Crippen LogP contribution < -0.4 is 18.9 Å². The van der Waals surface area contributed by atoms with Gasteiger partial charge < -0.3 is 29.2 Å². The topological polar surface area (TPSA) is 77.4 Å². The Morgan fingerprint density at radius 3 is 1.36 bits per heavy atom. The number of aryl methyl sites for hydroxylation is 1. The Morgan fingerprint density at radius 1 is 0.426 bits per heavy atom. The van der Waals surface area contributed by atoms with E-state index < -0.39 is 12.2 Å². The molecule has 2 atom stereocenters. The van der Waals surface area contributed by atoms with Gasteiger partial charge in [0.15, 0.2) is 0 Å². The number of fused-ring (bicyclic) bond motifs is 4. The first-order chi connectivity index (χ1) is 23.0. The third-order valence-corrected chi connectivity index (χ3v) is 8.28. The minimum absolute atomic E-state index is 0.0438. The second-order valence-electron chi connectivity index (χ2n) is 11.8. The summed E-state index contributed by atoms with van der Waals surface area (Å²) in [6, 6.07) is 41.8. The van der Waals surface area contributed by atoms with Gasteiger partial charge in [0.1, 0.15) is 61.6 Å². The molecule has 6 nitrogen and oxygen atoms in total.